The van der Waals surface area contributed by atoms with Crippen LogP contribution in [0, 0.1) is 5.92 Å². The molecule has 0 aliphatic heterocycles. The van der Waals surface area contributed by atoms with Gasteiger partial charge in [-0.15, -0.1) is 0 Å². The Bertz CT molecular complexity index is 620. The minimum absolute atomic E-state index is 0.398. The minimum atomic E-state index is 0.398. The van der Waals surface area contributed by atoms with Crippen LogP contribution in [0.25, 0.3) is 10.9 Å². The quantitative estimate of drug-likeness (QED) is 0.839. The molecule has 3 nitrogen and oxygen atoms in total. The molecule has 0 amide bonds. The van der Waals surface area contributed by atoms with Gasteiger partial charge in [0.1, 0.15) is 4.99 Å². The van der Waals surface area contributed by atoms with E-state index in [0.717, 1.165) is 34.6 Å². The van der Waals surface area contributed by atoms with Gasteiger partial charge >= 0.3 is 0 Å². The molecule has 1 heterocycles. The number of nitrogens with two attached hydrogens (primary N) is 1. The summed E-state index contributed by atoms with van der Waals surface area (Å²) in [6.45, 7) is 0.990. The van der Waals surface area contributed by atoms with Crippen LogP contribution in [0.15, 0.2) is 30.5 Å². The lowest BCUT2D eigenvalue weighted by molar-refractivity contribution is 0.333. The Hall–Kier alpha value is -1.68. The molecule has 3 N–H and O–H groups in total. The Kier molecular flexibility index (Phi) is 3.34. The van der Waals surface area contributed by atoms with Gasteiger partial charge in [0.2, 0.25) is 0 Å². The van der Waals surface area contributed by atoms with Crippen LogP contribution in [0.3, 0.4) is 0 Å². The second-order valence-electron chi connectivity index (χ2n) is 5.11. The Morgan fingerprint density at radius 3 is 2.84 bits per heavy atom. The molecule has 0 bridgehead atoms. The number of nitrogens with zero attached hydrogens (tertiary/aromatic N) is 1. The zero-order chi connectivity index (χ0) is 13.2. The smallest absolute Gasteiger partial charge is 0.107 e. The highest BCUT2D eigenvalue weighted by Crippen LogP contribution is 2.30. The summed E-state index contributed by atoms with van der Waals surface area (Å²) in [4.78, 5) is 4.81. The average molecular weight is 271 g/mol. The molecule has 1 aliphatic carbocycles. The van der Waals surface area contributed by atoms with Crippen LogP contribution in [0.5, 0.6) is 0 Å². The summed E-state index contributed by atoms with van der Waals surface area (Å²) in [5.74, 6) is 0.783. The lowest BCUT2D eigenvalue weighted by atomic mass is 9.85. The van der Waals surface area contributed by atoms with E-state index in [2.05, 4.69) is 16.4 Å². The molecule has 1 saturated carbocycles. The Morgan fingerprint density at radius 1 is 1.37 bits per heavy atom. The van der Waals surface area contributed by atoms with Crippen LogP contribution in [0.4, 0.5) is 5.69 Å². The fraction of sp³-hybridized carbons (Fsp3) is 0.333. The molecule has 0 saturated heterocycles. The molecule has 0 unspecified atom stereocenters. The Balaban J connectivity index is 2.00. The van der Waals surface area contributed by atoms with Gasteiger partial charge in [-0.25, -0.2) is 0 Å². The van der Waals surface area contributed by atoms with E-state index in [1.807, 2.05) is 18.2 Å². The van der Waals surface area contributed by atoms with Crippen molar-refractivity contribution in [2.24, 2.45) is 11.7 Å². The average Bonchev–Trinajstić information content (AvgIpc) is 2.36. The van der Waals surface area contributed by atoms with Crippen molar-refractivity contribution < 1.29 is 0 Å². The normalized spacial score (nSPS) is 15.2. The van der Waals surface area contributed by atoms with Crippen molar-refractivity contribution in [3.05, 3.63) is 36.0 Å². The number of nitrogens with one attached hydrogen (secondary N) is 1. The molecule has 0 radical (unpaired) electrons. The molecule has 98 valence electrons. The number of rotatable bonds is 4. The zero-order valence-electron chi connectivity index (χ0n) is 10.7. The van der Waals surface area contributed by atoms with Crippen LogP contribution < -0.4 is 11.1 Å². The summed E-state index contributed by atoms with van der Waals surface area (Å²) < 4.78 is 0. The van der Waals surface area contributed by atoms with Crippen molar-refractivity contribution in [2.45, 2.75) is 19.3 Å². The number of benzene rings is 1. The van der Waals surface area contributed by atoms with Gasteiger partial charge in [0.25, 0.3) is 0 Å². The van der Waals surface area contributed by atoms with Crippen LogP contribution in [-0.4, -0.2) is 16.5 Å². The molecular formula is C15H17N3S. The molecule has 19 heavy (non-hydrogen) atoms. The highest BCUT2D eigenvalue weighted by Gasteiger charge is 2.18. The first kappa shape index (κ1) is 12.4. The van der Waals surface area contributed by atoms with E-state index in [-0.39, 0.29) is 0 Å². The molecule has 1 aliphatic rings. The van der Waals surface area contributed by atoms with Crippen LogP contribution in [0.2, 0.25) is 0 Å². The van der Waals surface area contributed by atoms with E-state index in [0.29, 0.717) is 4.99 Å². The first-order valence-corrected chi connectivity index (χ1v) is 7.08. The monoisotopic (exact) mass is 271 g/mol. The van der Waals surface area contributed by atoms with Gasteiger partial charge in [0.15, 0.2) is 0 Å². The molecule has 1 aromatic heterocycles. The number of anilines is 1. The maximum Gasteiger partial charge on any atom is 0.107 e. The van der Waals surface area contributed by atoms with E-state index in [1.54, 1.807) is 6.20 Å². The molecule has 1 aromatic carbocycles. The van der Waals surface area contributed by atoms with E-state index in [9.17, 15) is 0 Å². The number of hydrogen-bond donors (Lipinski definition) is 2. The van der Waals surface area contributed by atoms with Crippen LogP contribution in [-0.2, 0) is 0 Å². The number of pyridine rings is 1. The summed E-state index contributed by atoms with van der Waals surface area (Å²) in [7, 11) is 0. The van der Waals surface area contributed by atoms with E-state index in [1.165, 1.54) is 19.3 Å². The van der Waals surface area contributed by atoms with Crippen molar-refractivity contribution in [3.8, 4) is 0 Å². The van der Waals surface area contributed by atoms with Gasteiger partial charge in [-0.05, 0) is 24.8 Å². The standard InChI is InChI=1S/C15H17N3S/c16-15(19)12-9-17-13-7-2-1-6-11(13)14(12)18-8-10-4-3-5-10/h1-2,6-7,9-10H,3-5,8H2,(H2,16,19)(H,17,18). The SMILES string of the molecule is NC(=S)c1cnc2ccccc2c1NCC1CCC1. The van der Waals surface area contributed by atoms with Crippen molar-refractivity contribution in [2.75, 3.05) is 11.9 Å². The maximum absolute atomic E-state index is 5.81. The summed E-state index contributed by atoms with van der Waals surface area (Å²) in [5, 5.41) is 4.62. The third kappa shape index (κ3) is 2.40. The van der Waals surface area contributed by atoms with Crippen molar-refractivity contribution >= 4 is 33.8 Å². The summed E-state index contributed by atoms with van der Waals surface area (Å²) in [6.07, 6.45) is 5.76. The summed E-state index contributed by atoms with van der Waals surface area (Å²) in [5.41, 5.74) is 8.65. The fourth-order valence-electron chi connectivity index (χ4n) is 2.46. The number of aromatic nitrogens is 1. The van der Waals surface area contributed by atoms with Gasteiger partial charge in [-0.3, -0.25) is 4.98 Å². The van der Waals surface area contributed by atoms with E-state index in [4.69, 9.17) is 18.0 Å². The van der Waals surface area contributed by atoms with Gasteiger partial charge in [0.05, 0.1) is 16.8 Å². The van der Waals surface area contributed by atoms with E-state index >= 15 is 0 Å². The summed E-state index contributed by atoms with van der Waals surface area (Å²) in [6, 6.07) is 8.08. The lowest BCUT2D eigenvalue weighted by Crippen LogP contribution is -2.23. The predicted octanol–water partition coefficient (Wildman–Crippen LogP) is 3.08. The third-order valence-electron chi connectivity index (χ3n) is 3.83. The highest BCUT2D eigenvalue weighted by atomic mass is 32.1. The predicted molar refractivity (Wildman–Crippen MR) is 83.5 cm³/mol. The first-order valence-electron chi connectivity index (χ1n) is 6.67. The second kappa shape index (κ2) is 5.13. The van der Waals surface area contributed by atoms with Crippen molar-refractivity contribution in [1.82, 2.24) is 4.98 Å². The maximum atomic E-state index is 5.81. The third-order valence-corrected chi connectivity index (χ3v) is 4.05. The molecule has 0 atom stereocenters. The van der Waals surface area contributed by atoms with Gasteiger partial charge < -0.3 is 11.1 Å². The Labute approximate surface area is 118 Å². The molecule has 1 fully saturated rings. The number of fused-ring (bicyclic) bond motifs is 1. The van der Waals surface area contributed by atoms with E-state index < -0.39 is 0 Å². The van der Waals surface area contributed by atoms with Gasteiger partial charge in [-0.1, -0.05) is 36.8 Å². The summed E-state index contributed by atoms with van der Waals surface area (Å²) >= 11 is 5.13. The Morgan fingerprint density at radius 2 is 2.16 bits per heavy atom. The lowest BCUT2D eigenvalue weighted by Gasteiger charge is -2.26. The molecule has 0 spiro atoms. The van der Waals surface area contributed by atoms with Gasteiger partial charge in [-0.2, -0.15) is 0 Å². The molecule has 3 rings (SSSR count). The number of thiocarbonyl (C=S) groups is 1. The fourth-order valence-corrected chi connectivity index (χ4v) is 2.62. The molecule has 2 aromatic rings. The van der Waals surface area contributed by atoms with Crippen molar-refractivity contribution in [1.29, 1.82) is 0 Å². The number of hydrogen-bond acceptors (Lipinski definition) is 3. The molecule has 4 heteroatoms. The molecular weight excluding hydrogens is 254 g/mol. The van der Waals surface area contributed by atoms with Crippen LogP contribution >= 0.6 is 12.2 Å². The topological polar surface area (TPSA) is 50.9 Å². The largest absolute Gasteiger partial charge is 0.389 e. The van der Waals surface area contributed by atoms with Crippen LogP contribution in [0.1, 0.15) is 24.8 Å². The highest BCUT2D eigenvalue weighted by molar-refractivity contribution is 7.80. The van der Waals surface area contributed by atoms with Gasteiger partial charge in [0, 0.05) is 18.1 Å². The first-order chi connectivity index (χ1) is 9.25. The minimum Gasteiger partial charge on any atom is -0.389 e. The second-order valence-corrected chi connectivity index (χ2v) is 5.55. The number of para-hydroxylation sites is 1. The van der Waals surface area contributed by atoms with Crippen molar-refractivity contribution in [3.63, 3.8) is 0 Å². The zero-order valence-corrected chi connectivity index (χ0v) is 11.5.